The van der Waals surface area contributed by atoms with E-state index in [1.54, 1.807) is 6.20 Å². The Morgan fingerprint density at radius 3 is 2.94 bits per heavy atom. The number of hydrogen-bond acceptors (Lipinski definition) is 3. The molecular weight excluding hydrogens is 296 g/mol. The molecule has 0 atom stereocenters. The van der Waals surface area contributed by atoms with Crippen LogP contribution in [0.25, 0.3) is 21.8 Å². The van der Waals surface area contributed by atoms with Gasteiger partial charge in [-0.15, -0.1) is 0 Å². The molecule has 0 amide bonds. The summed E-state index contributed by atoms with van der Waals surface area (Å²) >= 11 is 3.44. The Bertz CT molecular complexity index is 764. The summed E-state index contributed by atoms with van der Waals surface area (Å²) in [5, 5.41) is 2.01. The molecular formula is C13H9BrN2O2. The average molecular weight is 305 g/mol. The van der Waals surface area contributed by atoms with E-state index < -0.39 is 5.97 Å². The highest BCUT2D eigenvalue weighted by molar-refractivity contribution is 9.10. The van der Waals surface area contributed by atoms with Crippen LogP contribution in [0.2, 0.25) is 0 Å². The lowest BCUT2D eigenvalue weighted by molar-refractivity contribution is 0.0596. The van der Waals surface area contributed by atoms with Gasteiger partial charge in [0.2, 0.25) is 0 Å². The van der Waals surface area contributed by atoms with Gasteiger partial charge in [0.1, 0.15) is 0 Å². The minimum atomic E-state index is -0.439. The number of pyridine rings is 1. The quantitative estimate of drug-likeness (QED) is 0.702. The van der Waals surface area contributed by atoms with E-state index in [0.717, 1.165) is 20.8 Å². The summed E-state index contributed by atoms with van der Waals surface area (Å²) in [5.41, 5.74) is 1.98. The van der Waals surface area contributed by atoms with Crippen LogP contribution >= 0.6 is 15.9 Å². The van der Waals surface area contributed by atoms with Gasteiger partial charge in [-0.05, 0) is 24.3 Å². The Morgan fingerprint density at radius 2 is 2.17 bits per heavy atom. The van der Waals surface area contributed by atoms with Crippen LogP contribution < -0.4 is 0 Å². The van der Waals surface area contributed by atoms with Crippen LogP contribution in [-0.4, -0.2) is 23.0 Å². The van der Waals surface area contributed by atoms with Gasteiger partial charge in [0.15, 0.2) is 5.69 Å². The Labute approximate surface area is 111 Å². The van der Waals surface area contributed by atoms with E-state index in [-0.39, 0.29) is 0 Å². The number of carbonyl (C=O) groups excluding carboxylic acids is 1. The largest absolute Gasteiger partial charge is 0.464 e. The Morgan fingerprint density at radius 1 is 1.33 bits per heavy atom. The van der Waals surface area contributed by atoms with Crippen molar-refractivity contribution in [1.82, 2.24) is 9.97 Å². The zero-order valence-corrected chi connectivity index (χ0v) is 11.1. The zero-order valence-electron chi connectivity index (χ0n) is 9.53. The van der Waals surface area contributed by atoms with E-state index in [2.05, 4.69) is 25.9 Å². The molecule has 0 aliphatic rings. The van der Waals surface area contributed by atoms with Gasteiger partial charge in [0.25, 0.3) is 0 Å². The van der Waals surface area contributed by atoms with Crippen LogP contribution in [0.1, 0.15) is 10.5 Å². The molecule has 2 aromatic heterocycles. The van der Waals surface area contributed by atoms with Crippen molar-refractivity contribution in [3.63, 3.8) is 0 Å². The molecule has 90 valence electrons. The molecule has 0 aliphatic heterocycles. The van der Waals surface area contributed by atoms with E-state index in [9.17, 15) is 4.79 Å². The third-order valence-electron chi connectivity index (χ3n) is 2.86. The molecule has 0 saturated heterocycles. The molecule has 3 rings (SSSR count). The maximum Gasteiger partial charge on any atom is 0.358 e. The second-order valence-electron chi connectivity index (χ2n) is 3.89. The van der Waals surface area contributed by atoms with Crippen LogP contribution in [-0.2, 0) is 4.74 Å². The van der Waals surface area contributed by atoms with E-state index in [4.69, 9.17) is 4.74 Å². The standard InChI is InChI=1S/C13H9BrN2O2/c1-18-13(17)12-11-8(4-5-15-12)9-6-7(14)2-3-10(9)16-11/h2-6,16H,1H3. The summed E-state index contributed by atoms with van der Waals surface area (Å²) in [4.78, 5) is 18.9. The van der Waals surface area contributed by atoms with Gasteiger partial charge in [0.05, 0.1) is 12.6 Å². The zero-order chi connectivity index (χ0) is 12.7. The molecule has 3 aromatic rings. The van der Waals surface area contributed by atoms with Gasteiger partial charge in [-0.1, -0.05) is 15.9 Å². The van der Waals surface area contributed by atoms with Crippen molar-refractivity contribution >= 4 is 43.7 Å². The van der Waals surface area contributed by atoms with Crippen molar-refractivity contribution in [2.45, 2.75) is 0 Å². The number of rotatable bonds is 1. The molecule has 5 heteroatoms. The Hall–Kier alpha value is -1.88. The number of esters is 1. The normalized spacial score (nSPS) is 11.0. The third-order valence-corrected chi connectivity index (χ3v) is 3.35. The van der Waals surface area contributed by atoms with E-state index in [1.807, 2.05) is 24.3 Å². The predicted molar refractivity (Wildman–Crippen MR) is 72.6 cm³/mol. The lowest BCUT2D eigenvalue weighted by Gasteiger charge is -1.99. The van der Waals surface area contributed by atoms with Gasteiger partial charge in [0, 0.05) is 27.0 Å². The monoisotopic (exact) mass is 304 g/mol. The molecule has 4 nitrogen and oxygen atoms in total. The number of H-pyrrole nitrogens is 1. The fourth-order valence-corrected chi connectivity index (χ4v) is 2.41. The van der Waals surface area contributed by atoms with Crippen molar-refractivity contribution in [2.24, 2.45) is 0 Å². The van der Waals surface area contributed by atoms with Crippen molar-refractivity contribution in [1.29, 1.82) is 0 Å². The van der Waals surface area contributed by atoms with Gasteiger partial charge in [-0.25, -0.2) is 9.78 Å². The van der Waals surface area contributed by atoms with Crippen LogP contribution in [0.3, 0.4) is 0 Å². The number of aromatic nitrogens is 2. The SMILES string of the molecule is COC(=O)c1nccc2c1[nH]c1ccc(Br)cc12. The average Bonchev–Trinajstić information content (AvgIpc) is 2.75. The fourth-order valence-electron chi connectivity index (χ4n) is 2.05. The van der Waals surface area contributed by atoms with E-state index >= 15 is 0 Å². The first-order chi connectivity index (χ1) is 8.70. The molecule has 18 heavy (non-hydrogen) atoms. The fraction of sp³-hybridized carbons (Fsp3) is 0.0769. The molecule has 0 radical (unpaired) electrons. The molecule has 2 heterocycles. The third kappa shape index (κ3) is 1.59. The highest BCUT2D eigenvalue weighted by Gasteiger charge is 2.15. The van der Waals surface area contributed by atoms with Crippen molar-refractivity contribution in [2.75, 3.05) is 7.11 Å². The molecule has 0 aliphatic carbocycles. The molecule has 0 saturated carbocycles. The molecule has 0 unspecified atom stereocenters. The number of nitrogens with zero attached hydrogens (tertiary/aromatic N) is 1. The predicted octanol–water partition coefficient (Wildman–Crippen LogP) is 3.27. The summed E-state index contributed by atoms with van der Waals surface area (Å²) in [5.74, 6) is -0.439. The maximum atomic E-state index is 11.7. The smallest absolute Gasteiger partial charge is 0.358 e. The van der Waals surface area contributed by atoms with E-state index in [0.29, 0.717) is 11.2 Å². The molecule has 0 fully saturated rings. The molecule has 1 N–H and O–H groups in total. The Kier molecular flexibility index (Phi) is 2.56. The summed E-state index contributed by atoms with van der Waals surface area (Å²) in [6.07, 6.45) is 1.61. The summed E-state index contributed by atoms with van der Waals surface area (Å²) < 4.78 is 5.73. The van der Waals surface area contributed by atoms with Crippen molar-refractivity contribution in [3.8, 4) is 0 Å². The van der Waals surface area contributed by atoms with E-state index in [1.165, 1.54) is 7.11 Å². The number of fused-ring (bicyclic) bond motifs is 3. The number of methoxy groups -OCH3 is 1. The highest BCUT2D eigenvalue weighted by atomic mass is 79.9. The second kappa shape index (κ2) is 4.10. The summed E-state index contributed by atoms with van der Waals surface area (Å²) in [6, 6.07) is 7.80. The number of carbonyl (C=O) groups is 1. The first-order valence-electron chi connectivity index (χ1n) is 5.35. The highest BCUT2D eigenvalue weighted by Crippen LogP contribution is 2.29. The van der Waals surface area contributed by atoms with Gasteiger partial charge in [-0.3, -0.25) is 0 Å². The number of nitrogens with one attached hydrogen (secondary N) is 1. The van der Waals surface area contributed by atoms with Gasteiger partial charge in [-0.2, -0.15) is 0 Å². The van der Waals surface area contributed by atoms with Crippen LogP contribution in [0.5, 0.6) is 0 Å². The number of aromatic amines is 1. The minimum Gasteiger partial charge on any atom is -0.464 e. The van der Waals surface area contributed by atoms with Crippen molar-refractivity contribution in [3.05, 3.63) is 40.6 Å². The number of halogens is 1. The number of benzene rings is 1. The van der Waals surface area contributed by atoms with Crippen molar-refractivity contribution < 1.29 is 9.53 Å². The number of ether oxygens (including phenoxy) is 1. The lowest BCUT2D eigenvalue weighted by Crippen LogP contribution is -2.04. The molecule has 1 aromatic carbocycles. The summed E-state index contributed by atoms with van der Waals surface area (Å²) in [7, 11) is 1.35. The lowest BCUT2D eigenvalue weighted by atomic mass is 10.1. The minimum absolute atomic E-state index is 0.308. The van der Waals surface area contributed by atoms with Gasteiger partial charge >= 0.3 is 5.97 Å². The topological polar surface area (TPSA) is 55.0 Å². The van der Waals surface area contributed by atoms with Gasteiger partial charge < -0.3 is 9.72 Å². The Balaban J connectivity index is 2.42. The maximum absolute atomic E-state index is 11.7. The van der Waals surface area contributed by atoms with Crippen LogP contribution in [0.4, 0.5) is 0 Å². The molecule has 0 bridgehead atoms. The number of hydrogen-bond donors (Lipinski definition) is 1. The first-order valence-corrected chi connectivity index (χ1v) is 6.14. The molecule has 0 spiro atoms. The van der Waals surface area contributed by atoms with Crippen LogP contribution in [0.15, 0.2) is 34.9 Å². The van der Waals surface area contributed by atoms with Crippen LogP contribution in [0, 0.1) is 0 Å². The summed E-state index contributed by atoms with van der Waals surface area (Å²) in [6.45, 7) is 0. The second-order valence-corrected chi connectivity index (χ2v) is 4.80. The first kappa shape index (κ1) is 11.2.